The molecule has 128 valence electrons. The van der Waals surface area contributed by atoms with Crippen LogP contribution in [0.25, 0.3) is 0 Å². The van der Waals surface area contributed by atoms with E-state index in [2.05, 4.69) is 13.8 Å². The zero-order valence-corrected chi connectivity index (χ0v) is 14.8. The van der Waals surface area contributed by atoms with Crippen LogP contribution in [-0.2, 0) is 14.3 Å². The second-order valence-electron chi connectivity index (χ2n) is 8.98. The molecule has 23 heavy (non-hydrogen) atoms. The number of fused-ring (bicyclic) bond motifs is 2. The van der Waals surface area contributed by atoms with Crippen LogP contribution in [0.4, 0.5) is 0 Å². The Morgan fingerprint density at radius 1 is 1.09 bits per heavy atom. The molecule has 1 spiro atoms. The van der Waals surface area contributed by atoms with Crippen molar-refractivity contribution < 1.29 is 14.3 Å². The molecular formula is C20H30O3. The molecular weight excluding hydrogens is 288 g/mol. The fourth-order valence-electron chi connectivity index (χ4n) is 6.91. The lowest BCUT2D eigenvalue weighted by atomic mass is 9.52. The first-order chi connectivity index (χ1) is 10.9. The van der Waals surface area contributed by atoms with Gasteiger partial charge in [-0.3, -0.25) is 9.59 Å². The highest BCUT2D eigenvalue weighted by Gasteiger charge is 2.76. The molecule has 7 atom stereocenters. The summed E-state index contributed by atoms with van der Waals surface area (Å²) in [7, 11) is 1.83. The van der Waals surface area contributed by atoms with Crippen molar-refractivity contribution in [2.75, 3.05) is 7.11 Å². The summed E-state index contributed by atoms with van der Waals surface area (Å²) in [6.07, 6.45) is 7.91. The van der Waals surface area contributed by atoms with Gasteiger partial charge < -0.3 is 4.74 Å². The number of carbonyl (C=O) groups is 2. The van der Waals surface area contributed by atoms with Gasteiger partial charge in [0, 0.05) is 37.2 Å². The number of ketones is 2. The molecule has 0 heterocycles. The molecule has 4 aliphatic rings. The van der Waals surface area contributed by atoms with Crippen molar-refractivity contribution in [2.45, 2.75) is 71.3 Å². The molecule has 4 saturated carbocycles. The molecule has 4 aliphatic carbocycles. The van der Waals surface area contributed by atoms with Gasteiger partial charge in [-0.2, -0.15) is 0 Å². The van der Waals surface area contributed by atoms with Crippen molar-refractivity contribution >= 4 is 11.6 Å². The Labute approximate surface area is 139 Å². The molecule has 0 N–H and O–H groups in total. The zero-order chi connectivity index (χ0) is 16.4. The smallest absolute Gasteiger partial charge is 0.136 e. The summed E-state index contributed by atoms with van der Waals surface area (Å²) in [5, 5.41) is 0. The number of hydrogen-bond donors (Lipinski definition) is 0. The average molecular weight is 318 g/mol. The lowest BCUT2D eigenvalue weighted by molar-refractivity contribution is -0.146. The van der Waals surface area contributed by atoms with Crippen molar-refractivity contribution in [3.63, 3.8) is 0 Å². The standard InChI is InChI=1S/C20H30O3/c1-12-4-5-15-14(17(22)7-6-16(12)21)10-18(23-3)20-11-13(20)8-9-19(15,20)2/h12-15,18H,4-11H2,1-3H3/t12-,13+,14+,15-,18+,19+,20-/m0/s1. The summed E-state index contributed by atoms with van der Waals surface area (Å²) in [5.41, 5.74) is 0.578. The minimum atomic E-state index is 0.119. The van der Waals surface area contributed by atoms with E-state index in [-0.39, 0.29) is 29.1 Å². The van der Waals surface area contributed by atoms with Gasteiger partial charge in [-0.05, 0) is 55.8 Å². The first-order valence-corrected chi connectivity index (χ1v) is 9.52. The van der Waals surface area contributed by atoms with Gasteiger partial charge in [0.05, 0.1) is 6.10 Å². The zero-order valence-electron chi connectivity index (χ0n) is 14.8. The van der Waals surface area contributed by atoms with Crippen molar-refractivity contribution in [3.8, 4) is 0 Å². The van der Waals surface area contributed by atoms with Crippen LogP contribution >= 0.6 is 0 Å². The van der Waals surface area contributed by atoms with E-state index in [4.69, 9.17) is 4.74 Å². The molecule has 0 bridgehead atoms. The fraction of sp³-hybridized carbons (Fsp3) is 0.900. The van der Waals surface area contributed by atoms with Gasteiger partial charge in [0.2, 0.25) is 0 Å². The monoisotopic (exact) mass is 318 g/mol. The molecule has 3 nitrogen and oxygen atoms in total. The van der Waals surface area contributed by atoms with Gasteiger partial charge in [-0.1, -0.05) is 13.8 Å². The summed E-state index contributed by atoms with van der Waals surface area (Å²) in [4.78, 5) is 25.1. The average Bonchev–Trinajstić information content (AvgIpc) is 3.19. The van der Waals surface area contributed by atoms with Gasteiger partial charge in [0.15, 0.2) is 0 Å². The van der Waals surface area contributed by atoms with E-state index in [0.717, 1.165) is 25.2 Å². The van der Waals surface area contributed by atoms with Crippen LogP contribution in [-0.4, -0.2) is 24.8 Å². The Morgan fingerprint density at radius 2 is 1.83 bits per heavy atom. The van der Waals surface area contributed by atoms with Gasteiger partial charge in [-0.15, -0.1) is 0 Å². The predicted octanol–water partition coefficient (Wildman–Crippen LogP) is 3.79. The number of rotatable bonds is 1. The Balaban J connectivity index is 1.71. The van der Waals surface area contributed by atoms with Gasteiger partial charge in [-0.25, -0.2) is 0 Å². The topological polar surface area (TPSA) is 43.4 Å². The van der Waals surface area contributed by atoms with E-state index in [0.29, 0.717) is 30.0 Å². The third-order valence-electron chi connectivity index (χ3n) is 8.35. The van der Waals surface area contributed by atoms with E-state index in [1.807, 2.05) is 7.11 Å². The van der Waals surface area contributed by atoms with Crippen LogP contribution < -0.4 is 0 Å². The van der Waals surface area contributed by atoms with Crippen molar-refractivity contribution in [1.82, 2.24) is 0 Å². The number of carbonyl (C=O) groups excluding carboxylic acids is 2. The van der Waals surface area contributed by atoms with Crippen molar-refractivity contribution in [1.29, 1.82) is 0 Å². The Kier molecular flexibility index (Phi) is 3.54. The number of Topliss-reactive ketones (excluding diaryl/α,β-unsaturated/α-hetero) is 2. The molecule has 4 fully saturated rings. The normalized spacial score (nSPS) is 52.7. The maximum atomic E-state index is 12.9. The second kappa shape index (κ2) is 5.15. The first-order valence-electron chi connectivity index (χ1n) is 9.52. The minimum absolute atomic E-state index is 0.119. The van der Waals surface area contributed by atoms with Crippen LogP contribution in [0.3, 0.4) is 0 Å². The molecule has 0 aromatic heterocycles. The van der Waals surface area contributed by atoms with Crippen LogP contribution in [0.1, 0.15) is 65.2 Å². The molecule has 0 radical (unpaired) electrons. The third kappa shape index (κ3) is 1.98. The quantitative estimate of drug-likeness (QED) is 0.739. The van der Waals surface area contributed by atoms with Gasteiger partial charge in [0.1, 0.15) is 11.6 Å². The van der Waals surface area contributed by atoms with Crippen molar-refractivity contribution in [2.24, 2.45) is 34.5 Å². The number of hydrogen-bond acceptors (Lipinski definition) is 3. The maximum Gasteiger partial charge on any atom is 0.136 e. The molecule has 0 aliphatic heterocycles. The number of ether oxygens (including phenoxy) is 1. The molecule has 3 heteroatoms. The van der Waals surface area contributed by atoms with Crippen LogP contribution in [0.2, 0.25) is 0 Å². The van der Waals surface area contributed by atoms with E-state index in [1.54, 1.807) is 0 Å². The van der Waals surface area contributed by atoms with E-state index in [1.165, 1.54) is 19.3 Å². The van der Waals surface area contributed by atoms with E-state index >= 15 is 0 Å². The van der Waals surface area contributed by atoms with Crippen LogP contribution in [0.5, 0.6) is 0 Å². The summed E-state index contributed by atoms with van der Waals surface area (Å²) in [6, 6.07) is 0. The summed E-state index contributed by atoms with van der Waals surface area (Å²) < 4.78 is 5.94. The predicted molar refractivity (Wildman–Crippen MR) is 87.9 cm³/mol. The van der Waals surface area contributed by atoms with Crippen molar-refractivity contribution in [3.05, 3.63) is 0 Å². The van der Waals surface area contributed by atoms with Crippen LogP contribution in [0.15, 0.2) is 0 Å². The fourth-order valence-corrected chi connectivity index (χ4v) is 6.91. The van der Waals surface area contributed by atoms with Crippen LogP contribution in [0, 0.1) is 34.5 Å². The third-order valence-corrected chi connectivity index (χ3v) is 8.35. The molecule has 0 unspecified atom stereocenters. The van der Waals surface area contributed by atoms with E-state index in [9.17, 15) is 9.59 Å². The SMILES string of the molecule is CO[C@@H]1C[C@H]2C(=O)CCC(=O)[C@@H](C)CC[C@@H]2[C@@]2(C)CC[C@@H]3C[C@]312. The highest BCUT2D eigenvalue weighted by atomic mass is 16.5. The first kappa shape index (κ1) is 15.8. The summed E-state index contributed by atoms with van der Waals surface area (Å²) in [6.45, 7) is 4.50. The highest BCUT2D eigenvalue weighted by molar-refractivity contribution is 5.88. The maximum absolute atomic E-state index is 12.9. The van der Waals surface area contributed by atoms with E-state index < -0.39 is 0 Å². The molecule has 0 amide bonds. The van der Waals surface area contributed by atoms with Gasteiger partial charge >= 0.3 is 0 Å². The Bertz CT molecular complexity index is 541. The summed E-state index contributed by atoms with van der Waals surface area (Å²) in [5.74, 6) is 2.14. The van der Waals surface area contributed by atoms with Gasteiger partial charge in [0.25, 0.3) is 0 Å². The lowest BCUT2D eigenvalue weighted by Gasteiger charge is -2.53. The Morgan fingerprint density at radius 3 is 2.52 bits per heavy atom. The number of methoxy groups -OCH3 is 1. The molecule has 4 rings (SSSR count). The highest BCUT2D eigenvalue weighted by Crippen LogP contribution is 2.80. The largest absolute Gasteiger partial charge is 0.381 e. The minimum Gasteiger partial charge on any atom is -0.381 e. The summed E-state index contributed by atoms with van der Waals surface area (Å²) >= 11 is 0. The molecule has 0 aromatic carbocycles. The molecule has 0 aromatic rings. The lowest BCUT2D eigenvalue weighted by Crippen LogP contribution is -2.53. The molecule has 0 saturated heterocycles. The second-order valence-corrected chi connectivity index (χ2v) is 8.98. The Hall–Kier alpha value is -0.700.